The van der Waals surface area contributed by atoms with Gasteiger partial charge in [-0.3, -0.25) is 14.2 Å². The van der Waals surface area contributed by atoms with E-state index in [4.69, 9.17) is 4.74 Å². The number of amides is 1. The van der Waals surface area contributed by atoms with Gasteiger partial charge >= 0.3 is 0 Å². The van der Waals surface area contributed by atoms with E-state index in [-0.39, 0.29) is 17.6 Å². The van der Waals surface area contributed by atoms with Gasteiger partial charge in [-0.25, -0.2) is 4.98 Å². The minimum atomic E-state index is -0.372. The summed E-state index contributed by atoms with van der Waals surface area (Å²) in [6.45, 7) is 2.66. The summed E-state index contributed by atoms with van der Waals surface area (Å²) in [6.07, 6.45) is 6.11. The summed E-state index contributed by atoms with van der Waals surface area (Å²) >= 11 is 0. The monoisotopic (exact) mass is 393 g/mol. The fraction of sp³-hybridized carbons (Fsp3) is 0.522. The van der Waals surface area contributed by atoms with E-state index in [9.17, 15) is 9.59 Å². The fourth-order valence-electron chi connectivity index (χ4n) is 4.50. The minimum absolute atomic E-state index is 0.0506. The van der Waals surface area contributed by atoms with E-state index in [1.54, 1.807) is 17.0 Å². The van der Waals surface area contributed by atoms with Crippen molar-refractivity contribution < 1.29 is 9.53 Å². The van der Waals surface area contributed by atoms with Crippen molar-refractivity contribution in [3.63, 3.8) is 0 Å². The van der Waals surface area contributed by atoms with Crippen LogP contribution in [0.1, 0.15) is 48.4 Å². The molecule has 2 aromatic rings. The third-order valence-corrected chi connectivity index (χ3v) is 6.52. The van der Waals surface area contributed by atoms with Gasteiger partial charge < -0.3 is 9.64 Å². The average molecular weight is 393 g/mol. The zero-order chi connectivity index (χ0) is 19.8. The molecule has 1 atom stereocenters. The number of ether oxygens (including phenoxy) is 1. The van der Waals surface area contributed by atoms with Crippen molar-refractivity contribution >= 4 is 5.91 Å². The molecule has 1 saturated heterocycles. The Morgan fingerprint density at radius 2 is 1.86 bits per heavy atom. The molecule has 1 unspecified atom stereocenters. The highest BCUT2D eigenvalue weighted by atomic mass is 16.5. The Bertz CT molecular complexity index is 958. The largest absolute Gasteiger partial charge is 0.363 e. The molecule has 0 radical (unpaired) electrons. The van der Waals surface area contributed by atoms with Gasteiger partial charge in [0.05, 0.1) is 18.6 Å². The molecule has 2 aliphatic heterocycles. The van der Waals surface area contributed by atoms with Crippen molar-refractivity contribution in [3.8, 4) is 0 Å². The summed E-state index contributed by atoms with van der Waals surface area (Å²) in [6, 6.07) is 9.88. The third-order valence-electron chi connectivity index (χ3n) is 6.52. The van der Waals surface area contributed by atoms with Gasteiger partial charge in [0.15, 0.2) is 0 Å². The average Bonchev–Trinajstić information content (AvgIpc) is 3.60. The first-order valence-electron chi connectivity index (χ1n) is 10.7. The van der Waals surface area contributed by atoms with Crippen LogP contribution in [0.15, 0.2) is 41.5 Å². The number of benzene rings is 1. The van der Waals surface area contributed by atoms with Crippen LogP contribution in [0, 0.1) is 5.92 Å². The number of piperidine rings is 1. The summed E-state index contributed by atoms with van der Waals surface area (Å²) in [5.74, 6) is 1.00. The standard InChI is InChI=1S/C23H27N3O3/c27-22-12-20(17-5-6-17)24-15-26(22)13-16-7-9-25(10-8-16)23(28)21-11-18-3-1-2-4-19(18)14-29-21/h1-4,12,15-17,21H,5-11,13-14H2. The van der Waals surface area contributed by atoms with Crippen LogP contribution in [0.4, 0.5) is 0 Å². The molecule has 3 aliphatic rings. The van der Waals surface area contributed by atoms with Crippen molar-refractivity contribution in [2.24, 2.45) is 5.92 Å². The SMILES string of the molecule is O=C(C1Cc2ccccc2CO1)N1CCC(Cn2cnc(C3CC3)cc2=O)CC1. The molecule has 6 nitrogen and oxygen atoms in total. The molecule has 152 valence electrons. The Kier molecular flexibility index (Phi) is 4.96. The summed E-state index contributed by atoms with van der Waals surface area (Å²) in [5.41, 5.74) is 3.39. The number of aromatic nitrogens is 2. The third kappa shape index (κ3) is 3.99. The molecule has 5 rings (SSSR count). The fourth-order valence-corrected chi connectivity index (χ4v) is 4.50. The number of likely N-dealkylation sites (tertiary alicyclic amines) is 1. The number of fused-ring (bicyclic) bond motifs is 1. The van der Waals surface area contributed by atoms with E-state index in [2.05, 4.69) is 17.1 Å². The molecule has 1 amide bonds. The van der Waals surface area contributed by atoms with E-state index >= 15 is 0 Å². The number of hydrogen-bond donors (Lipinski definition) is 0. The highest BCUT2D eigenvalue weighted by molar-refractivity contribution is 5.81. The number of nitrogens with zero attached hydrogens (tertiary/aromatic N) is 3. The Hall–Kier alpha value is -2.47. The van der Waals surface area contributed by atoms with Gasteiger partial charge in [0.1, 0.15) is 6.10 Å². The molecular formula is C23H27N3O3. The molecule has 2 fully saturated rings. The Morgan fingerprint density at radius 3 is 2.59 bits per heavy atom. The van der Waals surface area contributed by atoms with E-state index in [0.717, 1.165) is 44.5 Å². The topological polar surface area (TPSA) is 64.4 Å². The van der Waals surface area contributed by atoms with Crippen molar-refractivity contribution in [2.45, 2.75) is 57.3 Å². The maximum Gasteiger partial charge on any atom is 0.253 e. The van der Waals surface area contributed by atoms with E-state index in [0.29, 0.717) is 31.4 Å². The normalized spacial score (nSPS) is 22.3. The van der Waals surface area contributed by atoms with Crippen LogP contribution in [0.5, 0.6) is 0 Å². The molecule has 3 heterocycles. The summed E-state index contributed by atoms with van der Waals surface area (Å²) in [5, 5.41) is 0. The Morgan fingerprint density at radius 1 is 1.10 bits per heavy atom. The van der Waals surface area contributed by atoms with Crippen LogP contribution < -0.4 is 5.56 Å². The van der Waals surface area contributed by atoms with Crippen LogP contribution in [-0.4, -0.2) is 39.6 Å². The Labute approximate surface area is 170 Å². The zero-order valence-corrected chi connectivity index (χ0v) is 16.6. The highest BCUT2D eigenvalue weighted by Crippen LogP contribution is 2.38. The van der Waals surface area contributed by atoms with Gasteiger partial charge in [-0.1, -0.05) is 24.3 Å². The van der Waals surface area contributed by atoms with Crippen molar-refractivity contribution in [3.05, 3.63) is 63.8 Å². The molecule has 0 N–H and O–H groups in total. The first-order valence-corrected chi connectivity index (χ1v) is 10.7. The van der Waals surface area contributed by atoms with Crippen LogP contribution >= 0.6 is 0 Å². The molecule has 1 aromatic carbocycles. The van der Waals surface area contributed by atoms with Crippen molar-refractivity contribution in [1.82, 2.24) is 14.5 Å². The molecule has 1 aliphatic carbocycles. The highest BCUT2D eigenvalue weighted by Gasteiger charge is 2.32. The second-order valence-corrected chi connectivity index (χ2v) is 8.62. The van der Waals surface area contributed by atoms with E-state index in [1.807, 2.05) is 17.0 Å². The van der Waals surface area contributed by atoms with Crippen LogP contribution in [0.2, 0.25) is 0 Å². The van der Waals surface area contributed by atoms with Crippen LogP contribution in [0.3, 0.4) is 0 Å². The minimum Gasteiger partial charge on any atom is -0.363 e. The quantitative estimate of drug-likeness (QED) is 0.801. The molecule has 1 saturated carbocycles. The molecular weight excluding hydrogens is 366 g/mol. The summed E-state index contributed by atoms with van der Waals surface area (Å²) in [4.78, 5) is 31.7. The molecule has 1 aromatic heterocycles. The van der Waals surface area contributed by atoms with Crippen LogP contribution in [-0.2, 0) is 29.1 Å². The van der Waals surface area contributed by atoms with Gasteiger partial charge in [0.2, 0.25) is 0 Å². The molecule has 0 bridgehead atoms. The summed E-state index contributed by atoms with van der Waals surface area (Å²) in [7, 11) is 0. The summed E-state index contributed by atoms with van der Waals surface area (Å²) < 4.78 is 7.58. The molecule has 0 spiro atoms. The lowest BCUT2D eigenvalue weighted by Gasteiger charge is -2.35. The Balaban J connectivity index is 1.16. The lowest BCUT2D eigenvalue weighted by Crippen LogP contribution is -2.47. The van der Waals surface area contributed by atoms with Crippen molar-refractivity contribution in [1.29, 1.82) is 0 Å². The smallest absolute Gasteiger partial charge is 0.253 e. The lowest BCUT2D eigenvalue weighted by molar-refractivity contribution is -0.147. The number of carbonyl (C=O) groups is 1. The predicted molar refractivity (Wildman–Crippen MR) is 108 cm³/mol. The van der Waals surface area contributed by atoms with E-state index in [1.165, 1.54) is 11.1 Å². The van der Waals surface area contributed by atoms with Gasteiger partial charge in [-0.15, -0.1) is 0 Å². The van der Waals surface area contributed by atoms with Gasteiger partial charge in [-0.2, -0.15) is 0 Å². The second-order valence-electron chi connectivity index (χ2n) is 8.62. The maximum atomic E-state index is 12.9. The van der Waals surface area contributed by atoms with Crippen LogP contribution in [0.25, 0.3) is 0 Å². The predicted octanol–water partition coefficient (Wildman–Crippen LogP) is 2.50. The maximum absolute atomic E-state index is 12.9. The number of rotatable bonds is 4. The molecule has 6 heteroatoms. The molecule has 29 heavy (non-hydrogen) atoms. The number of carbonyl (C=O) groups excluding carboxylic acids is 1. The first-order chi connectivity index (χ1) is 14.2. The number of hydrogen-bond acceptors (Lipinski definition) is 4. The lowest BCUT2D eigenvalue weighted by atomic mass is 9.94. The van der Waals surface area contributed by atoms with E-state index < -0.39 is 0 Å². The second kappa shape index (κ2) is 7.75. The first kappa shape index (κ1) is 18.6. The zero-order valence-electron chi connectivity index (χ0n) is 16.6. The van der Waals surface area contributed by atoms with Crippen molar-refractivity contribution in [2.75, 3.05) is 13.1 Å². The van der Waals surface area contributed by atoms with Gasteiger partial charge in [-0.05, 0) is 42.7 Å². The van der Waals surface area contributed by atoms with Gasteiger partial charge in [0, 0.05) is 38.0 Å². The van der Waals surface area contributed by atoms with Gasteiger partial charge in [0.25, 0.3) is 11.5 Å².